The molecular formula is C12H13BrN4. The molecule has 0 spiro atoms. The highest BCUT2D eigenvalue weighted by Gasteiger charge is 2.17. The monoisotopic (exact) mass is 292 g/mol. The predicted octanol–water partition coefficient (Wildman–Crippen LogP) is 1.75. The lowest BCUT2D eigenvalue weighted by molar-refractivity contribution is 0.582. The summed E-state index contributed by atoms with van der Waals surface area (Å²) in [7, 11) is 0. The number of nitrogens with one attached hydrogen (secondary N) is 1. The second-order valence-corrected chi connectivity index (χ2v) is 5.00. The molecule has 88 valence electrons. The lowest BCUT2D eigenvalue weighted by Crippen LogP contribution is -2.44. The van der Waals surface area contributed by atoms with Gasteiger partial charge < -0.3 is 10.2 Å². The number of imidazole rings is 1. The Hall–Kier alpha value is -1.20. The van der Waals surface area contributed by atoms with Gasteiger partial charge in [0.2, 0.25) is 5.95 Å². The Balaban J connectivity index is 1.96. The second kappa shape index (κ2) is 4.58. The van der Waals surface area contributed by atoms with Gasteiger partial charge in [0.15, 0.2) is 0 Å². The first kappa shape index (κ1) is 10.9. The average Bonchev–Trinajstić information content (AvgIpc) is 2.71. The SMILES string of the molecule is Brc1ccc2nc(N3CCNCC3)nc-2cc1. The molecule has 1 N–H and O–H groups in total. The van der Waals surface area contributed by atoms with Gasteiger partial charge in [-0.1, -0.05) is 15.9 Å². The first-order valence-electron chi connectivity index (χ1n) is 5.72. The Labute approximate surface area is 109 Å². The summed E-state index contributed by atoms with van der Waals surface area (Å²) in [5.74, 6) is 0.851. The first-order chi connectivity index (χ1) is 8.33. The Bertz CT molecular complexity index is 462. The molecule has 3 rings (SSSR count). The van der Waals surface area contributed by atoms with Crippen molar-refractivity contribution in [2.75, 3.05) is 31.1 Å². The van der Waals surface area contributed by atoms with E-state index in [0.29, 0.717) is 0 Å². The van der Waals surface area contributed by atoms with E-state index in [1.165, 1.54) is 0 Å². The lowest BCUT2D eigenvalue weighted by Gasteiger charge is -2.26. The van der Waals surface area contributed by atoms with Crippen LogP contribution in [-0.4, -0.2) is 36.1 Å². The summed E-state index contributed by atoms with van der Waals surface area (Å²) >= 11 is 3.45. The Morgan fingerprint density at radius 1 is 1.00 bits per heavy atom. The van der Waals surface area contributed by atoms with Crippen LogP contribution in [0.5, 0.6) is 0 Å². The molecule has 1 aliphatic carbocycles. The highest BCUT2D eigenvalue weighted by atomic mass is 79.9. The molecule has 0 amide bonds. The molecule has 1 saturated heterocycles. The van der Waals surface area contributed by atoms with Gasteiger partial charge in [-0.3, -0.25) is 0 Å². The molecule has 0 atom stereocenters. The van der Waals surface area contributed by atoms with Crippen LogP contribution >= 0.6 is 15.9 Å². The summed E-state index contributed by atoms with van der Waals surface area (Å²) in [5, 5.41) is 3.33. The minimum absolute atomic E-state index is 0.851. The zero-order valence-corrected chi connectivity index (χ0v) is 10.9. The van der Waals surface area contributed by atoms with Crippen molar-refractivity contribution in [3.63, 3.8) is 0 Å². The number of nitrogens with zero attached hydrogens (tertiary/aromatic N) is 3. The summed E-state index contributed by atoms with van der Waals surface area (Å²) in [6, 6.07) is 7.99. The van der Waals surface area contributed by atoms with Crippen LogP contribution in [0.4, 0.5) is 5.95 Å². The molecule has 0 radical (unpaired) electrons. The molecule has 2 heterocycles. The standard InChI is InChI=1S/C12H13BrN4/c13-9-1-3-10-11(4-2-9)16-12(15-10)17-7-5-14-6-8-17/h1-4,14H,5-8H2. The summed E-state index contributed by atoms with van der Waals surface area (Å²) in [4.78, 5) is 11.4. The number of halogens is 1. The smallest absolute Gasteiger partial charge is 0.226 e. The third kappa shape index (κ3) is 2.25. The number of piperazine rings is 1. The molecule has 0 bridgehead atoms. The van der Waals surface area contributed by atoms with E-state index in [1.807, 2.05) is 24.3 Å². The van der Waals surface area contributed by atoms with Gasteiger partial charge in [-0.2, -0.15) is 0 Å². The quantitative estimate of drug-likeness (QED) is 0.870. The third-order valence-electron chi connectivity index (χ3n) is 2.90. The van der Waals surface area contributed by atoms with Crippen LogP contribution < -0.4 is 10.2 Å². The van der Waals surface area contributed by atoms with Crippen molar-refractivity contribution >= 4 is 21.9 Å². The van der Waals surface area contributed by atoms with Crippen molar-refractivity contribution in [1.82, 2.24) is 15.3 Å². The fraction of sp³-hybridized carbons (Fsp3) is 0.333. The van der Waals surface area contributed by atoms with E-state index in [0.717, 1.165) is 48.0 Å². The minimum Gasteiger partial charge on any atom is -0.338 e. The number of fused-ring (bicyclic) bond motifs is 1. The maximum Gasteiger partial charge on any atom is 0.226 e. The molecule has 0 saturated carbocycles. The summed E-state index contributed by atoms with van der Waals surface area (Å²) in [5.41, 5.74) is 1.90. The molecule has 2 aliphatic heterocycles. The molecule has 0 aromatic carbocycles. The second-order valence-electron chi connectivity index (χ2n) is 4.08. The van der Waals surface area contributed by atoms with Gasteiger partial charge in [-0.15, -0.1) is 0 Å². The zero-order valence-electron chi connectivity index (χ0n) is 9.36. The topological polar surface area (TPSA) is 41.1 Å². The van der Waals surface area contributed by atoms with Crippen molar-refractivity contribution in [2.24, 2.45) is 0 Å². The molecule has 3 aliphatic rings. The van der Waals surface area contributed by atoms with Crippen molar-refractivity contribution in [1.29, 1.82) is 0 Å². The number of hydrogen-bond donors (Lipinski definition) is 1. The molecule has 4 nitrogen and oxygen atoms in total. The number of rotatable bonds is 1. The maximum absolute atomic E-state index is 4.58. The highest BCUT2D eigenvalue weighted by Crippen LogP contribution is 2.23. The molecule has 5 heteroatoms. The van der Waals surface area contributed by atoms with Gasteiger partial charge >= 0.3 is 0 Å². The lowest BCUT2D eigenvalue weighted by atomic mass is 10.3. The predicted molar refractivity (Wildman–Crippen MR) is 71.4 cm³/mol. The normalized spacial score (nSPS) is 16.4. The van der Waals surface area contributed by atoms with Crippen molar-refractivity contribution in [3.05, 3.63) is 28.7 Å². The van der Waals surface area contributed by atoms with E-state index in [1.54, 1.807) is 0 Å². The van der Waals surface area contributed by atoms with Gasteiger partial charge in [-0.05, 0) is 24.3 Å². The van der Waals surface area contributed by atoms with Crippen LogP contribution in [0.3, 0.4) is 0 Å². The van der Waals surface area contributed by atoms with Gasteiger partial charge in [0, 0.05) is 30.7 Å². The van der Waals surface area contributed by atoms with E-state index >= 15 is 0 Å². The Kier molecular flexibility index (Phi) is 2.94. The molecular weight excluding hydrogens is 280 g/mol. The van der Waals surface area contributed by atoms with E-state index < -0.39 is 0 Å². The summed E-state index contributed by atoms with van der Waals surface area (Å²) < 4.78 is 1.04. The molecule has 0 aromatic heterocycles. The summed E-state index contributed by atoms with van der Waals surface area (Å²) in [6.07, 6.45) is 0. The van der Waals surface area contributed by atoms with Crippen LogP contribution in [0.2, 0.25) is 0 Å². The Morgan fingerprint density at radius 3 is 2.18 bits per heavy atom. The van der Waals surface area contributed by atoms with Crippen LogP contribution in [-0.2, 0) is 0 Å². The largest absolute Gasteiger partial charge is 0.338 e. The first-order valence-corrected chi connectivity index (χ1v) is 6.51. The summed E-state index contributed by atoms with van der Waals surface area (Å²) in [6.45, 7) is 3.96. The van der Waals surface area contributed by atoms with Crippen LogP contribution in [0, 0.1) is 0 Å². The van der Waals surface area contributed by atoms with Gasteiger partial charge in [0.1, 0.15) is 0 Å². The number of aromatic nitrogens is 2. The third-order valence-corrected chi connectivity index (χ3v) is 3.43. The fourth-order valence-corrected chi connectivity index (χ4v) is 2.24. The van der Waals surface area contributed by atoms with Gasteiger partial charge in [0.05, 0.1) is 11.4 Å². The fourth-order valence-electron chi connectivity index (χ4n) is 1.98. The van der Waals surface area contributed by atoms with E-state index in [4.69, 9.17) is 0 Å². The molecule has 1 fully saturated rings. The van der Waals surface area contributed by atoms with E-state index in [9.17, 15) is 0 Å². The molecule has 0 unspecified atom stereocenters. The number of hydrogen-bond acceptors (Lipinski definition) is 4. The van der Waals surface area contributed by atoms with Crippen LogP contribution in [0.1, 0.15) is 0 Å². The minimum atomic E-state index is 0.851. The molecule has 0 aromatic rings. The van der Waals surface area contributed by atoms with E-state index in [-0.39, 0.29) is 0 Å². The maximum atomic E-state index is 4.58. The van der Waals surface area contributed by atoms with Crippen molar-refractivity contribution in [2.45, 2.75) is 0 Å². The average molecular weight is 293 g/mol. The molecule has 17 heavy (non-hydrogen) atoms. The van der Waals surface area contributed by atoms with Crippen molar-refractivity contribution in [3.8, 4) is 11.4 Å². The zero-order chi connectivity index (χ0) is 11.7. The number of anilines is 1. The Morgan fingerprint density at radius 2 is 1.59 bits per heavy atom. The van der Waals surface area contributed by atoms with E-state index in [2.05, 4.69) is 36.1 Å². The van der Waals surface area contributed by atoms with Crippen LogP contribution in [0.15, 0.2) is 28.7 Å². The van der Waals surface area contributed by atoms with Gasteiger partial charge in [0.25, 0.3) is 0 Å². The van der Waals surface area contributed by atoms with Crippen LogP contribution in [0.25, 0.3) is 11.4 Å². The van der Waals surface area contributed by atoms with Crippen molar-refractivity contribution < 1.29 is 0 Å². The van der Waals surface area contributed by atoms with Gasteiger partial charge in [-0.25, -0.2) is 9.97 Å². The highest BCUT2D eigenvalue weighted by molar-refractivity contribution is 9.10.